The number of nitrogens with zero attached hydrogens (tertiary/aromatic N) is 1. The number of carbonyl (C=O) groups excluding carboxylic acids is 1. The largest absolute Gasteiger partial charge is 0.337 e. The number of likely N-dealkylation sites (tertiary alicyclic amines) is 1. The second-order valence-corrected chi connectivity index (χ2v) is 4.77. The van der Waals surface area contributed by atoms with Crippen LogP contribution >= 0.6 is 35.6 Å². The Balaban J connectivity index is 0.00000144. The number of halogens is 3. The fourth-order valence-electron chi connectivity index (χ4n) is 1.81. The van der Waals surface area contributed by atoms with E-state index < -0.39 is 0 Å². The first-order chi connectivity index (χ1) is 7.58. The number of carbonyl (C=O) groups is 1. The average Bonchev–Trinajstić information content (AvgIpc) is 2.64. The molecule has 1 aromatic carbocycles. The van der Waals surface area contributed by atoms with E-state index in [-0.39, 0.29) is 24.4 Å². The highest BCUT2D eigenvalue weighted by molar-refractivity contribution is 6.36. The summed E-state index contributed by atoms with van der Waals surface area (Å²) in [7, 11) is 0. The minimum Gasteiger partial charge on any atom is -0.337 e. The van der Waals surface area contributed by atoms with Gasteiger partial charge in [-0.2, -0.15) is 0 Å². The highest BCUT2D eigenvalue weighted by atomic mass is 35.5. The monoisotopic (exact) mass is 294 g/mol. The molecule has 1 aliphatic heterocycles. The van der Waals surface area contributed by atoms with E-state index >= 15 is 0 Å². The van der Waals surface area contributed by atoms with Gasteiger partial charge in [0.05, 0.1) is 10.6 Å². The summed E-state index contributed by atoms with van der Waals surface area (Å²) in [6.45, 7) is 1.29. The summed E-state index contributed by atoms with van der Waals surface area (Å²) in [5.74, 6) is -0.0744. The van der Waals surface area contributed by atoms with Gasteiger partial charge in [-0.25, -0.2) is 0 Å². The summed E-state index contributed by atoms with van der Waals surface area (Å²) < 4.78 is 0. The average molecular weight is 296 g/mol. The third kappa shape index (κ3) is 3.26. The van der Waals surface area contributed by atoms with E-state index in [0.717, 1.165) is 6.42 Å². The van der Waals surface area contributed by atoms with Crippen LogP contribution < -0.4 is 5.73 Å². The summed E-state index contributed by atoms with van der Waals surface area (Å²) in [5.41, 5.74) is 6.24. The van der Waals surface area contributed by atoms with E-state index in [4.69, 9.17) is 28.9 Å². The van der Waals surface area contributed by atoms with Crippen molar-refractivity contribution in [2.24, 2.45) is 5.73 Å². The second-order valence-electron chi connectivity index (χ2n) is 3.92. The molecular weight excluding hydrogens is 282 g/mol. The molecule has 0 spiro atoms. The molecule has 1 aromatic rings. The lowest BCUT2D eigenvalue weighted by Crippen LogP contribution is -2.32. The molecule has 1 amide bonds. The molecular formula is C11H13Cl3N2O. The highest BCUT2D eigenvalue weighted by Gasteiger charge is 2.25. The van der Waals surface area contributed by atoms with E-state index in [1.807, 2.05) is 0 Å². The van der Waals surface area contributed by atoms with Crippen molar-refractivity contribution >= 4 is 41.5 Å². The number of rotatable bonds is 1. The first-order valence-electron chi connectivity index (χ1n) is 5.08. The van der Waals surface area contributed by atoms with Crippen molar-refractivity contribution in [3.63, 3.8) is 0 Å². The highest BCUT2D eigenvalue weighted by Crippen LogP contribution is 2.23. The number of hydrogen-bond donors (Lipinski definition) is 1. The smallest absolute Gasteiger partial charge is 0.255 e. The Morgan fingerprint density at radius 3 is 2.65 bits per heavy atom. The van der Waals surface area contributed by atoms with E-state index in [9.17, 15) is 4.79 Å². The molecule has 0 radical (unpaired) electrons. The summed E-state index contributed by atoms with van der Waals surface area (Å²) >= 11 is 11.8. The number of nitrogens with two attached hydrogens (primary N) is 1. The molecule has 0 aliphatic carbocycles. The van der Waals surface area contributed by atoms with Gasteiger partial charge in [-0.1, -0.05) is 23.2 Å². The molecule has 2 rings (SSSR count). The zero-order valence-corrected chi connectivity index (χ0v) is 11.4. The van der Waals surface area contributed by atoms with E-state index in [1.165, 1.54) is 0 Å². The van der Waals surface area contributed by atoms with Gasteiger partial charge in [0.1, 0.15) is 0 Å². The van der Waals surface area contributed by atoms with Gasteiger partial charge in [0.15, 0.2) is 0 Å². The first-order valence-corrected chi connectivity index (χ1v) is 5.83. The molecule has 0 unspecified atom stereocenters. The predicted molar refractivity (Wildman–Crippen MR) is 72.2 cm³/mol. The molecule has 17 heavy (non-hydrogen) atoms. The van der Waals surface area contributed by atoms with Gasteiger partial charge >= 0.3 is 0 Å². The number of benzene rings is 1. The first kappa shape index (κ1) is 14.6. The van der Waals surface area contributed by atoms with Crippen LogP contribution in [0.3, 0.4) is 0 Å². The topological polar surface area (TPSA) is 46.3 Å². The van der Waals surface area contributed by atoms with Crippen molar-refractivity contribution in [1.29, 1.82) is 0 Å². The maximum absolute atomic E-state index is 12.1. The van der Waals surface area contributed by atoms with E-state index in [0.29, 0.717) is 28.7 Å². The fraction of sp³-hybridized carbons (Fsp3) is 0.364. The van der Waals surface area contributed by atoms with Crippen molar-refractivity contribution in [3.8, 4) is 0 Å². The van der Waals surface area contributed by atoms with Crippen LogP contribution in [-0.4, -0.2) is 29.9 Å². The quantitative estimate of drug-likeness (QED) is 0.865. The molecule has 2 N–H and O–H groups in total. The Hall–Kier alpha value is -0.480. The minimum absolute atomic E-state index is 0. The van der Waals surface area contributed by atoms with Crippen LogP contribution in [0.15, 0.2) is 18.2 Å². The minimum atomic E-state index is -0.0744. The van der Waals surface area contributed by atoms with Crippen molar-refractivity contribution in [1.82, 2.24) is 4.90 Å². The third-order valence-corrected chi connectivity index (χ3v) is 3.22. The molecule has 0 bridgehead atoms. The zero-order chi connectivity index (χ0) is 11.7. The van der Waals surface area contributed by atoms with Gasteiger partial charge < -0.3 is 10.6 Å². The molecule has 0 aromatic heterocycles. The molecule has 3 nitrogen and oxygen atoms in total. The maximum atomic E-state index is 12.1. The van der Waals surface area contributed by atoms with E-state index in [2.05, 4.69) is 0 Å². The Morgan fingerprint density at radius 1 is 1.41 bits per heavy atom. The molecule has 94 valence electrons. The fourth-order valence-corrected chi connectivity index (χ4v) is 2.29. The zero-order valence-electron chi connectivity index (χ0n) is 9.03. The van der Waals surface area contributed by atoms with Gasteiger partial charge in [0, 0.05) is 24.2 Å². The van der Waals surface area contributed by atoms with Gasteiger partial charge in [-0.15, -0.1) is 12.4 Å². The molecule has 0 saturated carbocycles. The third-order valence-electron chi connectivity index (χ3n) is 2.67. The summed E-state index contributed by atoms with van der Waals surface area (Å²) in [6, 6.07) is 4.97. The maximum Gasteiger partial charge on any atom is 0.255 e. The van der Waals surface area contributed by atoms with Crippen LogP contribution in [0.2, 0.25) is 10.0 Å². The normalized spacial score (nSPS) is 19.0. The molecule has 1 saturated heterocycles. The van der Waals surface area contributed by atoms with Crippen LogP contribution in [0.5, 0.6) is 0 Å². The Bertz CT molecular complexity index is 425. The molecule has 6 heteroatoms. The Labute approximate surface area is 116 Å². The van der Waals surface area contributed by atoms with Crippen LogP contribution in [0.1, 0.15) is 16.8 Å². The Kier molecular flexibility index (Phi) is 5.07. The van der Waals surface area contributed by atoms with E-state index in [1.54, 1.807) is 23.1 Å². The predicted octanol–water partition coefficient (Wildman–Crippen LogP) is 2.59. The van der Waals surface area contributed by atoms with Gasteiger partial charge in [-0.05, 0) is 24.6 Å². The van der Waals surface area contributed by atoms with Crippen molar-refractivity contribution in [2.45, 2.75) is 12.5 Å². The summed E-state index contributed by atoms with van der Waals surface area (Å²) in [6.07, 6.45) is 0.844. The molecule has 1 heterocycles. The lowest BCUT2D eigenvalue weighted by molar-refractivity contribution is 0.0791. The standard InChI is InChI=1S/C11H12Cl2N2O.ClH/c12-7-1-2-9(10(13)5-7)11(16)15-4-3-8(14)6-15;/h1-2,5,8H,3-4,6,14H2;1H/t8-;/m0./s1. The SMILES string of the molecule is Cl.N[C@H]1CCN(C(=O)c2ccc(Cl)cc2Cl)C1. The van der Waals surface area contributed by atoms with Crippen molar-refractivity contribution < 1.29 is 4.79 Å². The van der Waals surface area contributed by atoms with Crippen molar-refractivity contribution in [2.75, 3.05) is 13.1 Å². The summed E-state index contributed by atoms with van der Waals surface area (Å²) in [4.78, 5) is 13.8. The van der Waals surface area contributed by atoms with Gasteiger partial charge in [0.25, 0.3) is 5.91 Å². The second kappa shape index (κ2) is 5.91. The lowest BCUT2D eigenvalue weighted by Gasteiger charge is -2.16. The van der Waals surface area contributed by atoms with Crippen LogP contribution in [0, 0.1) is 0 Å². The molecule has 1 aliphatic rings. The number of amides is 1. The molecule has 1 fully saturated rings. The van der Waals surface area contributed by atoms with Crippen molar-refractivity contribution in [3.05, 3.63) is 33.8 Å². The lowest BCUT2D eigenvalue weighted by atomic mass is 10.2. The van der Waals surface area contributed by atoms with Crippen LogP contribution in [-0.2, 0) is 0 Å². The van der Waals surface area contributed by atoms with Gasteiger partial charge in [0.2, 0.25) is 0 Å². The molecule has 1 atom stereocenters. The van der Waals surface area contributed by atoms with Crippen LogP contribution in [0.25, 0.3) is 0 Å². The number of hydrogen-bond acceptors (Lipinski definition) is 2. The van der Waals surface area contributed by atoms with Gasteiger partial charge in [-0.3, -0.25) is 4.79 Å². The Morgan fingerprint density at radius 2 is 2.12 bits per heavy atom. The van der Waals surface area contributed by atoms with Crippen LogP contribution in [0.4, 0.5) is 0 Å². The summed E-state index contributed by atoms with van der Waals surface area (Å²) in [5, 5.41) is 0.914.